The SMILES string of the molecule is CCCC[C@H](OCc1ccc(OC)cc1)[C@@H]1CC[C@@H](C[C@@H](CC=O)O[Si](C)(C)C(C)(C)C)O1. The molecule has 0 radical (unpaired) electrons. The fraction of sp³-hybridized carbons (Fsp3) is 0.741. The van der Waals surface area contributed by atoms with Crippen LogP contribution in [0.5, 0.6) is 5.75 Å². The highest BCUT2D eigenvalue weighted by molar-refractivity contribution is 6.74. The maximum Gasteiger partial charge on any atom is 0.192 e. The van der Waals surface area contributed by atoms with Gasteiger partial charge in [0.25, 0.3) is 0 Å². The van der Waals surface area contributed by atoms with Crippen LogP contribution in [0.1, 0.15) is 78.2 Å². The molecule has 1 aromatic rings. The molecule has 1 fully saturated rings. The predicted molar refractivity (Wildman–Crippen MR) is 136 cm³/mol. The number of carbonyl (C=O) groups excluding carboxylic acids is 1. The lowest BCUT2D eigenvalue weighted by Gasteiger charge is -2.39. The van der Waals surface area contributed by atoms with Crippen molar-refractivity contribution in [3.8, 4) is 5.75 Å². The maximum atomic E-state index is 11.3. The van der Waals surface area contributed by atoms with Crippen LogP contribution in [0.15, 0.2) is 24.3 Å². The van der Waals surface area contributed by atoms with E-state index in [1.807, 2.05) is 12.1 Å². The van der Waals surface area contributed by atoms with E-state index in [1.54, 1.807) is 7.11 Å². The summed E-state index contributed by atoms with van der Waals surface area (Å²) in [4.78, 5) is 11.3. The van der Waals surface area contributed by atoms with Crippen molar-refractivity contribution in [2.24, 2.45) is 0 Å². The standard InChI is InChI=1S/C27H46O5Si/c1-8-9-10-25(30-20-21-11-13-22(29-5)14-12-21)26-16-15-23(31-26)19-24(17-18-28)32-33(6,7)27(2,3)4/h11-14,18,23-26H,8-10,15-17,19-20H2,1-7H3/t23-,24+,25-,26-/m0/s1. The van der Waals surface area contributed by atoms with Gasteiger partial charge in [-0.25, -0.2) is 0 Å². The maximum absolute atomic E-state index is 11.3. The molecule has 0 spiro atoms. The molecule has 4 atom stereocenters. The van der Waals surface area contributed by atoms with Gasteiger partial charge in [0.05, 0.1) is 38.1 Å². The van der Waals surface area contributed by atoms with Gasteiger partial charge >= 0.3 is 0 Å². The van der Waals surface area contributed by atoms with Crippen molar-refractivity contribution in [1.29, 1.82) is 0 Å². The number of unbranched alkanes of at least 4 members (excludes halogenated alkanes) is 1. The summed E-state index contributed by atoms with van der Waals surface area (Å²) in [5.74, 6) is 0.855. The highest BCUT2D eigenvalue weighted by Crippen LogP contribution is 2.39. The minimum atomic E-state index is -1.94. The Balaban J connectivity index is 1.95. The predicted octanol–water partition coefficient (Wildman–Crippen LogP) is 6.69. The Hall–Kier alpha value is -1.21. The number of hydrogen-bond acceptors (Lipinski definition) is 5. The second-order valence-electron chi connectivity index (χ2n) is 10.9. The van der Waals surface area contributed by atoms with Gasteiger partial charge in [0, 0.05) is 6.42 Å². The monoisotopic (exact) mass is 478 g/mol. The van der Waals surface area contributed by atoms with E-state index < -0.39 is 8.32 Å². The lowest BCUT2D eigenvalue weighted by atomic mass is 10.0. The molecule has 1 aliphatic heterocycles. The number of carbonyl (C=O) groups is 1. The zero-order chi connectivity index (χ0) is 24.5. The molecule has 0 amide bonds. The molecule has 188 valence electrons. The summed E-state index contributed by atoms with van der Waals surface area (Å²) < 4.78 is 24.7. The molecule has 0 aromatic heterocycles. The van der Waals surface area contributed by atoms with Crippen molar-refractivity contribution in [2.75, 3.05) is 7.11 Å². The molecule has 33 heavy (non-hydrogen) atoms. The highest BCUT2D eigenvalue weighted by Gasteiger charge is 2.40. The topological polar surface area (TPSA) is 54.0 Å². The average Bonchev–Trinajstić information content (AvgIpc) is 3.21. The molecule has 5 nitrogen and oxygen atoms in total. The molecule has 6 heteroatoms. The lowest BCUT2D eigenvalue weighted by molar-refractivity contribution is -0.110. The third-order valence-corrected chi connectivity index (χ3v) is 11.7. The number of benzene rings is 1. The summed E-state index contributed by atoms with van der Waals surface area (Å²) in [5.41, 5.74) is 1.14. The van der Waals surface area contributed by atoms with Crippen LogP contribution < -0.4 is 4.74 Å². The Morgan fingerprint density at radius 2 is 1.88 bits per heavy atom. The van der Waals surface area contributed by atoms with Crippen molar-refractivity contribution in [1.82, 2.24) is 0 Å². The summed E-state index contributed by atoms with van der Waals surface area (Å²) in [6.45, 7) is 14.0. The van der Waals surface area contributed by atoms with Gasteiger partial charge in [0.15, 0.2) is 8.32 Å². The van der Waals surface area contributed by atoms with Crippen molar-refractivity contribution < 1.29 is 23.4 Å². The first-order valence-corrected chi connectivity index (χ1v) is 15.5. The molecular weight excluding hydrogens is 432 g/mol. The van der Waals surface area contributed by atoms with E-state index in [0.29, 0.717) is 13.0 Å². The van der Waals surface area contributed by atoms with E-state index in [0.717, 1.165) is 56.1 Å². The van der Waals surface area contributed by atoms with Crippen LogP contribution in [0.2, 0.25) is 18.1 Å². The fourth-order valence-corrected chi connectivity index (χ4v) is 5.45. The molecule has 0 unspecified atom stereocenters. The van der Waals surface area contributed by atoms with Gasteiger partial charge in [-0.05, 0) is 61.5 Å². The number of aldehydes is 1. The minimum absolute atomic E-state index is 0.0681. The van der Waals surface area contributed by atoms with E-state index in [1.165, 1.54) is 0 Å². The Morgan fingerprint density at radius 1 is 1.18 bits per heavy atom. The van der Waals surface area contributed by atoms with Gasteiger partial charge in [0.2, 0.25) is 0 Å². The van der Waals surface area contributed by atoms with Gasteiger partial charge in [-0.2, -0.15) is 0 Å². The van der Waals surface area contributed by atoms with E-state index in [-0.39, 0.29) is 29.5 Å². The molecule has 1 saturated heterocycles. The number of methoxy groups -OCH3 is 1. The molecule has 0 saturated carbocycles. The quantitative estimate of drug-likeness (QED) is 0.220. The molecule has 1 aliphatic rings. The Bertz CT molecular complexity index is 697. The van der Waals surface area contributed by atoms with Crippen molar-refractivity contribution in [3.63, 3.8) is 0 Å². The molecule has 0 aliphatic carbocycles. The molecule has 1 aromatic carbocycles. The van der Waals surface area contributed by atoms with Crippen LogP contribution >= 0.6 is 0 Å². The van der Waals surface area contributed by atoms with E-state index in [4.69, 9.17) is 18.6 Å². The van der Waals surface area contributed by atoms with Gasteiger partial charge in [-0.15, -0.1) is 0 Å². The van der Waals surface area contributed by atoms with E-state index in [2.05, 4.69) is 52.9 Å². The molecule has 0 bridgehead atoms. The minimum Gasteiger partial charge on any atom is -0.497 e. The van der Waals surface area contributed by atoms with Crippen LogP contribution in [0.4, 0.5) is 0 Å². The first-order valence-electron chi connectivity index (χ1n) is 12.6. The van der Waals surface area contributed by atoms with Gasteiger partial charge in [0.1, 0.15) is 12.0 Å². The number of hydrogen-bond donors (Lipinski definition) is 0. The molecular formula is C27H46O5Si. The Labute approximate surface area is 202 Å². The van der Waals surface area contributed by atoms with Gasteiger partial charge in [-0.3, -0.25) is 0 Å². The third kappa shape index (κ3) is 8.82. The zero-order valence-electron chi connectivity index (χ0n) is 21.9. The van der Waals surface area contributed by atoms with E-state index >= 15 is 0 Å². The van der Waals surface area contributed by atoms with Crippen molar-refractivity contribution in [2.45, 2.75) is 122 Å². The smallest absolute Gasteiger partial charge is 0.192 e. The zero-order valence-corrected chi connectivity index (χ0v) is 22.9. The first-order chi connectivity index (χ1) is 15.6. The summed E-state index contributed by atoms with van der Waals surface area (Å²) in [7, 11) is -0.261. The first kappa shape index (κ1) is 28.0. The van der Waals surface area contributed by atoms with E-state index in [9.17, 15) is 4.79 Å². The number of ether oxygens (including phenoxy) is 3. The summed E-state index contributed by atoms with van der Waals surface area (Å²) in [5, 5.41) is 0.119. The van der Waals surface area contributed by atoms with Crippen LogP contribution in [-0.4, -0.2) is 46.1 Å². The molecule has 0 N–H and O–H groups in total. The van der Waals surface area contributed by atoms with Gasteiger partial charge < -0.3 is 23.4 Å². The van der Waals surface area contributed by atoms with Crippen molar-refractivity contribution >= 4 is 14.6 Å². The molecule has 1 heterocycles. The lowest BCUT2D eigenvalue weighted by Crippen LogP contribution is -2.44. The normalized spacial score (nSPS) is 21.1. The average molecular weight is 479 g/mol. The Kier molecular flexibility index (Phi) is 11.1. The highest BCUT2D eigenvalue weighted by atomic mass is 28.4. The van der Waals surface area contributed by atoms with Crippen LogP contribution in [-0.2, 0) is 25.3 Å². The number of rotatable bonds is 14. The summed E-state index contributed by atoms with van der Waals surface area (Å²) >= 11 is 0. The molecule has 2 rings (SSSR count). The van der Waals surface area contributed by atoms with Crippen molar-refractivity contribution in [3.05, 3.63) is 29.8 Å². The van der Waals surface area contributed by atoms with Crippen LogP contribution in [0, 0.1) is 0 Å². The second-order valence-corrected chi connectivity index (χ2v) is 15.6. The van der Waals surface area contributed by atoms with Gasteiger partial charge in [-0.1, -0.05) is 52.7 Å². The summed E-state index contributed by atoms with van der Waals surface area (Å²) in [6, 6.07) is 8.04. The third-order valence-electron chi connectivity index (χ3n) is 7.17. The van der Waals surface area contributed by atoms with Crippen LogP contribution in [0.25, 0.3) is 0 Å². The Morgan fingerprint density at radius 3 is 2.45 bits per heavy atom. The largest absolute Gasteiger partial charge is 0.497 e. The second kappa shape index (κ2) is 13.0. The fourth-order valence-electron chi connectivity index (χ4n) is 4.07. The summed E-state index contributed by atoms with van der Waals surface area (Å²) in [6.07, 6.45) is 7.71. The van der Waals surface area contributed by atoms with Crippen LogP contribution in [0.3, 0.4) is 0 Å².